The van der Waals surface area contributed by atoms with Crippen molar-refractivity contribution in [1.82, 2.24) is 4.90 Å². The lowest BCUT2D eigenvalue weighted by Gasteiger charge is -2.33. The third kappa shape index (κ3) is 3.90. The summed E-state index contributed by atoms with van der Waals surface area (Å²) in [5, 5.41) is 2.34. The number of amides is 3. The highest BCUT2D eigenvalue weighted by atomic mass is 19.4. The summed E-state index contributed by atoms with van der Waals surface area (Å²) in [6, 6.07) is 5.12. The number of nitrogens with zero attached hydrogens (tertiary/aromatic N) is 1. The number of nitrogens with two attached hydrogens (primary N) is 1. The molecule has 0 spiro atoms. The van der Waals surface area contributed by atoms with E-state index in [1.807, 2.05) is 0 Å². The zero-order valence-corrected chi connectivity index (χ0v) is 11.7. The van der Waals surface area contributed by atoms with E-state index in [9.17, 15) is 22.8 Å². The van der Waals surface area contributed by atoms with Gasteiger partial charge in [0.1, 0.15) is 0 Å². The minimum absolute atomic E-state index is 0.0503. The smallest absolute Gasteiger partial charge is 0.351 e. The molecule has 0 saturated carbocycles. The number of carbonyl (C=O) groups is 2. The lowest BCUT2D eigenvalue weighted by molar-refractivity contribution is -0.184. The van der Waals surface area contributed by atoms with E-state index in [1.54, 1.807) is 0 Å². The van der Waals surface area contributed by atoms with E-state index < -0.39 is 24.0 Å². The van der Waals surface area contributed by atoms with E-state index >= 15 is 0 Å². The average Bonchev–Trinajstić information content (AvgIpc) is 2.46. The van der Waals surface area contributed by atoms with Crippen molar-refractivity contribution in [3.63, 3.8) is 0 Å². The van der Waals surface area contributed by atoms with Crippen LogP contribution in [-0.4, -0.2) is 36.1 Å². The van der Waals surface area contributed by atoms with Crippen molar-refractivity contribution in [1.29, 1.82) is 0 Å². The fourth-order valence-corrected chi connectivity index (χ4v) is 2.45. The van der Waals surface area contributed by atoms with Crippen molar-refractivity contribution in [3.05, 3.63) is 29.8 Å². The number of primary amides is 1. The maximum Gasteiger partial charge on any atom is 0.393 e. The Labute approximate surface area is 125 Å². The molecule has 0 bridgehead atoms. The van der Waals surface area contributed by atoms with Crippen LogP contribution in [0, 0.1) is 5.92 Å². The van der Waals surface area contributed by atoms with Gasteiger partial charge in [-0.3, -0.25) is 4.79 Å². The number of likely N-dealkylation sites (tertiary alicyclic amines) is 1. The number of hydrogen-bond acceptors (Lipinski definition) is 2. The molecule has 2 rings (SSSR count). The Hall–Kier alpha value is -2.25. The summed E-state index contributed by atoms with van der Waals surface area (Å²) >= 11 is 0. The van der Waals surface area contributed by atoms with E-state index in [-0.39, 0.29) is 18.5 Å². The third-order valence-corrected chi connectivity index (χ3v) is 3.57. The van der Waals surface area contributed by atoms with Gasteiger partial charge in [0.15, 0.2) is 0 Å². The molecular formula is C14H16F3N3O2. The molecule has 22 heavy (non-hydrogen) atoms. The molecule has 0 aromatic heterocycles. The second kappa shape index (κ2) is 6.25. The third-order valence-electron chi connectivity index (χ3n) is 3.57. The van der Waals surface area contributed by atoms with Crippen LogP contribution in [0.25, 0.3) is 0 Å². The van der Waals surface area contributed by atoms with E-state index in [0.717, 1.165) is 0 Å². The van der Waals surface area contributed by atoms with Gasteiger partial charge in [-0.05, 0) is 37.1 Å². The summed E-state index contributed by atoms with van der Waals surface area (Å²) in [4.78, 5) is 24.2. The van der Waals surface area contributed by atoms with Gasteiger partial charge in [0.25, 0.3) is 5.91 Å². The van der Waals surface area contributed by atoms with Crippen molar-refractivity contribution in [2.24, 2.45) is 11.7 Å². The number of halogens is 3. The van der Waals surface area contributed by atoms with Gasteiger partial charge in [0, 0.05) is 24.3 Å². The number of benzene rings is 1. The average molecular weight is 315 g/mol. The number of piperidine rings is 1. The van der Waals surface area contributed by atoms with Gasteiger partial charge in [-0.1, -0.05) is 0 Å². The first-order valence-corrected chi connectivity index (χ1v) is 6.80. The molecule has 1 aromatic rings. The Balaban J connectivity index is 2.06. The van der Waals surface area contributed by atoms with Crippen molar-refractivity contribution < 1.29 is 22.8 Å². The van der Waals surface area contributed by atoms with Crippen molar-refractivity contribution in [2.45, 2.75) is 19.0 Å². The van der Waals surface area contributed by atoms with Crippen molar-refractivity contribution in [2.75, 3.05) is 18.4 Å². The molecule has 3 N–H and O–H groups in total. The first-order valence-electron chi connectivity index (χ1n) is 6.80. The number of carbonyl (C=O) groups excluding carboxylic acids is 2. The van der Waals surface area contributed by atoms with Gasteiger partial charge in [0.05, 0.1) is 5.92 Å². The number of urea groups is 1. The number of alkyl halides is 3. The maximum atomic E-state index is 12.8. The van der Waals surface area contributed by atoms with Crippen molar-refractivity contribution >= 4 is 17.6 Å². The molecule has 1 atom stereocenters. The maximum absolute atomic E-state index is 12.8. The quantitative estimate of drug-likeness (QED) is 0.880. The Morgan fingerprint density at radius 3 is 2.41 bits per heavy atom. The molecular weight excluding hydrogens is 299 g/mol. The number of anilines is 1. The van der Waals surface area contributed by atoms with E-state index in [2.05, 4.69) is 5.32 Å². The van der Waals surface area contributed by atoms with E-state index in [0.29, 0.717) is 18.7 Å². The molecule has 5 nitrogen and oxygen atoms in total. The van der Waals surface area contributed by atoms with Gasteiger partial charge < -0.3 is 16.0 Å². The fourth-order valence-electron chi connectivity index (χ4n) is 2.45. The van der Waals surface area contributed by atoms with E-state index in [4.69, 9.17) is 5.73 Å². The molecule has 0 aliphatic carbocycles. The minimum atomic E-state index is -4.28. The standard InChI is InChI=1S/C14H16F3N3O2/c15-14(16,17)10-2-1-7-20(8-10)12(21)9-3-5-11(6-4-9)19-13(18)22/h3-6,10H,1-2,7-8H2,(H3,18,19,22)/t10-/m1/s1. The highest BCUT2D eigenvalue weighted by Gasteiger charge is 2.42. The topological polar surface area (TPSA) is 75.4 Å². The van der Waals surface area contributed by atoms with Crippen LogP contribution in [0.4, 0.5) is 23.7 Å². The summed E-state index contributed by atoms with van der Waals surface area (Å²) in [6.07, 6.45) is -3.90. The normalized spacial score (nSPS) is 18.9. The van der Waals surface area contributed by atoms with Gasteiger partial charge in [-0.15, -0.1) is 0 Å². The molecule has 8 heteroatoms. The SMILES string of the molecule is NC(=O)Nc1ccc(C(=O)N2CCC[C@@H](C(F)(F)F)C2)cc1. The lowest BCUT2D eigenvalue weighted by atomic mass is 9.97. The Morgan fingerprint density at radius 2 is 1.86 bits per heavy atom. The molecule has 120 valence electrons. The summed E-state index contributed by atoms with van der Waals surface area (Å²) in [7, 11) is 0. The largest absolute Gasteiger partial charge is 0.393 e. The lowest BCUT2D eigenvalue weighted by Crippen LogP contribution is -2.44. The Bertz CT molecular complexity index is 557. The summed E-state index contributed by atoms with van der Waals surface area (Å²) in [5.74, 6) is -1.92. The van der Waals surface area contributed by atoms with Crippen LogP contribution in [0.15, 0.2) is 24.3 Å². The highest BCUT2D eigenvalue weighted by Crippen LogP contribution is 2.33. The van der Waals surface area contributed by atoms with Crippen LogP contribution in [0.2, 0.25) is 0 Å². The zero-order chi connectivity index (χ0) is 16.3. The van der Waals surface area contributed by atoms with Gasteiger partial charge >= 0.3 is 12.2 Å². The first kappa shape index (κ1) is 16.1. The number of hydrogen-bond donors (Lipinski definition) is 2. The molecule has 1 aliphatic rings. The fraction of sp³-hybridized carbons (Fsp3) is 0.429. The summed E-state index contributed by atoms with van der Waals surface area (Å²) in [6.45, 7) is -0.00365. The Morgan fingerprint density at radius 1 is 1.23 bits per heavy atom. The molecule has 1 aliphatic heterocycles. The molecule has 3 amide bonds. The molecule has 1 fully saturated rings. The van der Waals surface area contributed by atoms with Crippen LogP contribution in [-0.2, 0) is 0 Å². The number of nitrogens with one attached hydrogen (secondary N) is 1. The van der Waals surface area contributed by atoms with Gasteiger partial charge in [0.2, 0.25) is 0 Å². The van der Waals surface area contributed by atoms with Crippen LogP contribution in [0.3, 0.4) is 0 Å². The monoisotopic (exact) mass is 315 g/mol. The molecule has 0 unspecified atom stereocenters. The zero-order valence-electron chi connectivity index (χ0n) is 11.7. The molecule has 1 aromatic carbocycles. The second-order valence-corrected chi connectivity index (χ2v) is 5.20. The summed E-state index contributed by atoms with van der Waals surface area (Å²) < 4.78 is 38.3. The first-order chi connectivity index (χ1) is 10.3. The molecule has 1 saturated heterocycles. The predicted molar refractivity (Wildman–Crippen MR) is 74.3 cm³/mol. The predicted octanol–water partition coefficient (Wildman–Crippen LogP) is 2.59. The molecule has 1 heterocycles. The Kier molecular flexibility index (Phi) is 4.58. The van der Waals surface area contributed by atoms with Gasteiger partial charge in [-0.25, -0.2) is 4.79 Å². The second-order valence-electron chi connectivity index (χ2n) is 5.20. The number of rotatable bonds is 2. The van der Waals surface area contributed by atoms with Gasteiger partial charge in [-0.2, -0.15) is 13.2 Å². The van der Waals surface area contributed by atoms with Crippen LogP contribution in [0.5, 0.6) is 0 Å². The van der Waals surface area contributed by atoms with Crippen LogP contribution < -0.4 is 11.1 Å². The van der Waals surface area contributed by atoms with Crippen LogP contribution >= 0.6 is 0 Å². The van der Waals surface area contributed by atoms with Crippen molar-refractivity contribution in [3.8, 4) is 0 Å². The minimum Gasteiger partial charge on any atom is -0.351 e. The summed E-state index contributed by atoms with van der Waals surface area (Å²) in [5.41, 5.74) is 5.65. The molecule has 0 radical (unpaired) electrons. The highest BCUT2D eigenvalue weighted by molar-refractivity contribution is 5.95. The van der Waals surface area contributed by atoms with E-state index in [1.165, 1.54) is 29.2 Å². The van der Waals surface area contributed by atoms with Crippen LogP contribution in [0.1, 0.15) is 23.2 Å².